The zero-order chi connectivity index (χ0) is 20.4. The van der Waals surface area contributed by atoms with E-state index in [1.807, 2.05) is 48.5 Å². The number of hydrogen-bond donors (Lipinski definition) is 2. The van der Waals surface area contributed by atoms with E-state index in [0.29, 0.717) is 5.02 Å². The zero-order valence-electron chi connectivity index (χ0n) is 16.2. The van der Waals surface area contributed by atoms with Crippen LogP contribution >= 0.6 is 11.6 Å². The maximum atomic E-state index is 12.3. The molecule has 2 aromatic rings. The lowest BCUT2D eigenvalue weighted by Crippen LogP contribution is -2.52. The SMILES string of the molecule is CNS(=O)(=O)CC1N=C(N2CCNCC2)N(c2cccc(Cl)c2)c2ccccc21. The lowest BCUT2D eigenvalue weighted by molar-refractivity contribution is 0.350. The van der Waals surface area contributed by atoms with Crippen LogP contribution in [0.2, 0.25) is 5.02 Å². The van der Waals surface area contributed by atoms with Crippen LogP contribution in [-0.2, 0) is 10.0 Å². The van der Waals surface area contributed by atoms with Crippen LogP contribution < -0.4 is 14.9 Å². The summed E-state index contributed by atoms with van der Waals surface area (Å²) < 4.78 is 27.1. The molecule has 154 valence electrons. The van der Waals surface area contributed by atoms with Gasteiger partial charge in [-0.05, 0) is 31.3 Å². The van der Waals surface area contributed by atoms with E-state index in [0.717, 1.165) is 49.1 Å². The molecule has 2 aromatic carbocycles. The number of hydrogen-bond acceptors (Lipinski definition) is 6. The molecule has 0 aliphatic carbocycles. The Morgan fingerprint density at radius 2 is 1.93 bits per heavy atom. The van der Waals surface area contributed by atoms with Gasteiger partial charge in [0.15, 0.2) is 0 Å². The Hall–Kier alpha value is -2.13. The van der Waals surface area contributed by atoms with Crippen molar-refractivity contribution < 1.29 is 8.42 Å². The van der Waals surface area contributed by atoms with Gasteiger partial charge in [-0.3, -0.25) is 4.90 Å². The van der Waals surface area contributed by atoms with Crippen molar-refractivity contribution in [2.45, 2.75) is 6.04 Å². The van der Waals surface area contributed by atoms with E-state index in [4.69, 9.17) is 16.6 Å². The van der Waals surface area contributed by atoms with E-state index >= 15 is 0 Å². The normalized spacial score (nSPS) is 19.7. The molecule has 2 aliphatic heterocycles. The lowest BCUT2D eigenvalue weighted by atomic mass is 10.0. The number of sulfonamides is 1. The molecular weight excluding hydrogens is 410 g/mol. The van der Waals surface area contributed by atoms with Crippen molar-refractivity contribution >= 4 is 39.0 Å². The molecule has 4 rings (SSSR count). The minimum absolute atomic E-state index is 0.0977. The van der Waals surface area contributed by atoms with Gasteiger partial charge in [0.05, 0.1) is 23.2 Å². The summed E-state index contributed by atoms with van der Waals surface area (Å²) in [6.07, 6.45) is 0. The van der Waals surface area contributed by atoms with Gasteiger partial charge in [-0.1, -0.05) is 35.9 Å². The standard InChI is InChI=1S/C20H24ClN5O2S/c1-22-29(27,28)14-18-17-7-2-3-8-19(17)26(16-6-4-5-15(21)13-16)20(24-18)25-11-9-23-10-12-25/h2-8,13,18,22-23H,9-12,14H2,1H3. The Labute approximate surface area is 176 Å². The van der Waals surface area contributed by atoms with Crippen LogP contribution in [0.3, 0.4) is 0 Å². The number of nitrogens with one attached hydrogen (secondary N) is 2. The average Bonchev–Trinajstić information content (AvgIpc) is 2.74. The van der Waals surface area contributed by atoms with E-state index in [2.05, 4.69) is 19.8 Å². The number of nitrogens with zero attached hydrogens (tertiary/aromatic N) is 3. The molecule has 1 fully saturated rings. The smallest absolute Gasteiger partial charge is 0.213 e. The van der Waals surface area contributed by atoms with E-state index in [-0.39, 0.29) is 5.75 Å². The molecule has 1 atom stereocenters. The first-order valence-electron chi connectivity index (χ1n) is 9.58. The van der Waals surface area contributed by atoms with Gasteiger partial charge in [0, 0.05) is 36.8 Å². The highest BCUT2D eigenvalue weighted by molar-refractivity contribution is 7.89. The fourth-order valence-electron chi connectivity index (χ4n) is 3.72. The molecule has 0 aromatic heterocycles. The Bertz CT molecular complexity index is 1020. The molecule has 7 nitrogen and oxygen atoms in total. The molecule has 0 saturated carbocycles. The second-order valence-corrected chi connectivity index (χ2v) is 9.45. The van der Waals surface area contributed by atoms with Crippen molar-refractivity contribution in [1.82, 2.24) is 14.9 Å². The van der Waals surface area contributed by atoms with Gasteiger partial charge < -0.3 is 10.2 Å². The van der Waals surface area contributed by atoms with Gasteiger partial charge >= 0.3 is 0 Å². The lowest BCUT2D eigenvalue weighted by Gasteiger charge is -2.41. The van der Waals surface area contributed by atoms with Crippen molar-refractivity contribution in [1.29, 1.82) is 0 Å². The molecule has 0 spiro atoms. The number of halogens is 1. The van der Waals surface area contributed by atoms with Crippen LogP contribution in [0.25, 0.3) is 0 Å². The van der Waals surface area contributed by atoms with Crippen molar-refractivity contribution in [3.63, 3.8) is 0 Å². The number of rotatable bonds is 4. The molecule has 1 unspecified atom stereocenters. The van der Waals surface area contributed by atoms with Gasteiger partial charge in [0.1, 0.15) is 0 Å². The summed E-state index contributed by atoms with van der Waals surface area (Å²) in [5.41, 5.74) is 2.71. The number of fused-ring (bicyclic) bond motifs is 1. The second-order valence-electron chi connectivity index (χ2n) is 7.04. The molecule has 2 aliphatic rings. The van der Waals surface area contributed by atoms with Gasteiger partial charge in [-0.2, -0.15) is 0 Å². The Balaban J connectivity index is 1.86. The minimum Gasteiger partial charge on any atom is -0.340 e. The second kappa shape index (κ2) is 8.31. The molecule has 0 amide bonds. The molecule has 2 heterocycles. The van der Waals surface area contributed by atoms with E-state index < -0.39 is 16.1 Å². The molecule has 0 bridgehead atoms. The monoisotopic (exact) mass is 433 g/mol. The van der Waals surface area contributed by atoms with Gasteiger partial charge in [-0.25, -0.2) is 18.1 Å². The number of guanidine groups is 1. The number of piperazine rings is 1. The highest BCUT2D eigenvalue weighted by Crippen LogP contribution is 2.40. The first-order valence-corrected chi connectivity index (χ1v) is 11.6. The van der Waals surface area contributed by atoms with Crippen LogP contribution in [-0.4, -0.2) is 58.3 Å². The van der Waals surface area contributed by atoms with Crippen molar-refractivity contribution in [2.75, 3.05) is 43.9 Å². The maximum absolute atomic E-state index is 12.3. The predicted molar refractivity (Wildman–Crippen MR) is 117 cm³/mol. The Morgan fingerprint density at radius 3 is 2.66 bits per heavy atom. The third kappa shape index (κ3) is 4.25. The third-order valence-electron chi connectivity index (χ3n) is 5.16. The van der Waals surface area contributed by atoms with Crippen LogP contribution in [0.1, 0.15) is 11.6 Å². The fourth-order valence-corrected chi connectivity index (χ4v) is 4.74. The summed E-state index contributed by atoms with van der Waals surface area (Å²) in [5.74, 6) is 0.656. The average molecular weight is 434 g/mol. The van der Waals surface area contributed by atoms with Crippen molar-refractivity contribution in [3.8, 4) is 0 Å². The molecule has 2 N–H and O–H groups in total. The third-order valence-corrected chi connectivity index (χ3v) is 6.77. The highest BCUT2D eigenvalue weighted by Gasteiger charge is 2.34. The number of anilines is 2. The number of para-hydroxylation sites is 1. The van der Waals surface area contributed by atoms with E-state index in [1.165, 1.54) is 7.05 Å². The summed E-state index contributed by atoms with van der Waals surface area (Å²) in [6, 6.07) is 15.0. The van der Waals surface area contributed by atoms with Gasteiger partial charge in [0.25, 0.3) is 0 Å². The first kappa shape index (κ1) is 20.2. The molecule has 0 radical (unpaired) electrons. The number of aliphatic imine (C=N–C) groups is 1. The van der Waals surface area contributed by atoms with E-state index in [1.54, 1.807) is 0 Å². The van der Waals surface area contributed by atoms with Gasteiger partial charge in [0.2, 0.25) is 16.0 Å². The predicted octanol–water partition coefficient (Wildman–Crippen LogP) is 2.34. The zero-order valence-corrected chi connectivity index (χ0v) is 17.7. The maximum Gasteiger partial charge on any atom is 0.213 e. The van der Waals surface area contributed by atoms with Gasteiger partial charge in [-0.15, -0.1) is 0 Å². The number of benzene rings is 2. The molecule has 1 saturated heterocycles. The summed E-state index contributed by atoms with van der Waals surface area (Å²) in [6.45, 7) is 3.29. The largest absolute Gasteiger partial charge is 0.340 e. The summed E-state index contributed by atoms with van der Waals surface area (Å²) in [7, 11) is -2.00. The summed E-state index contributed by atoms with van der Waals surface area (Å²) in [4.78, 5) is 9.23. The fraction of sp³-hybridized carbons (Fsp3) is 0.350. The van der Waals surface area contributed by atoms with E-state index in [9.17, 15) is 8.42 Å². The summed E-state index contributed by atoms with van der Waals surface area (Å²) >= 11 is 6.28. The van der Waals surface area contributed by atoms with Crippen LogP contribution in [0.5, 0.6) is 0 Å². The van der Waals surface area contributed by atoms with Crippen molar-refractivity contribution in [3.05, 3.63) is 59.1 Å². The Morgan fingerprint density at radius 1 is 1.17 bits per heavy atom. The first-order chi connectivity index (χ1) is 14.0. The van der Waals surface area contributed by atoms with Crippen LogP contribution in [0, 0.1) is 0 Å². The molecule has 9 heteroatoms. The quantitative estimate of drug-likeness (QED) is 0.773. The topological polar surface area (TPSA) is 77.0 Å². The van der Waals surface area contributed by atoms with Crippen molar-refractivity contribution in [2.24, 2.45) is 4.99 Å². The Kier molecular flexibility index (Phi) is 5.78. The highest BCUT2D eigenvalue weighted by atomic mass is 35.5. The summed E-state index contributed by atoms with van der Waals surface area (Å²) in [5, 5.41) is 3.99. The van der Waals surface area contributed by atoms with Crippen LogP contribution in [0.15, 0.2) is 53.5 Å². The van der Waals surface area contributed by atoms with Crippen LogP contribution in [0.4, 0.5) is 11.4 Å². The minimum atomic E-state index is -3.43. The molecule has 29 heavy (non-hydrogen) atoms. The molecular formula is C20H24ClN5O2S.